The van der Waals surface area contributed by atoms with Crippen LogP contribution in [0.3, 0.4) is 0 Å². The number of unbranched alkanes of at least 4 members (excludes halogenated alkanes) is 1. The molecule has 5 nitrogen and oxygen atoms in total. The SMILES string of the molecule is CN=C(NCCCCN1CCC(Cc2ccccc2)CC1)N1CCC2(CCOC2)C1.I. The fourth-order valence-corrected chi connectivity index (χ4v) is 5.44. The predicted octanol–water partition coefficient (Wildman–Crippen LogP) is 4.03. The third-order valence-corrected chi connectivity index (χ3v) is 7.39. The van der Waals surface area contributed by atoms with Gasteiger partial charge in [-0.1, -0.05) is 30.3 Å². The number of hydrogen-bond donors (Lipinski definition) is 1. The minimum absolute atomic E-state index is 0. The van der Waals surface area contributed by atoms with Crippen LogP contribution in [0.2, 0.25) is 0 Å². The molecule has 0 saturated carbocycles. The first-order chi connectivity index (χ1) is 14.8. The van der Waals surface area contributed by atoms with Crippen LogP contribution in [-0.2, 0) is 11.2 Å². The van der Waals surface area contributed by atoms with Gasteiger partial charge in [-0.05, 0) is 76.1 Å². The third-order valence-electron chi connectivity index (χ3n) is 7.39. The van der Waals surface area contributed by atoms with Gasteiger partial charge in [0.05, 0.1) is 6.61 Å². The first kappa shape index (κ1) is 24.8. The maximum Gasteiger partial charge on any atom is 0.193 e. The molecule has 1 aromatic carbocycles. The maximum atomic E-state index is 5.66. The van der Waals surface area contributed by atoms with Crippen LogP contribution < -0.4 is 5.32 Å². The molecule has 0 aliphatic carbocycles. The molecular formula is C25H41IN4O. The largest absolute Gasteiger partial charge is 0.381 e. The zero-order chi connectivity index (χ0) is 20.7. The number of likely N-dealkylation sites (tertiary alicyclic amines) is 2. The lowest BCUT2D eigenvalue weighted by atomic mass is 9.87. The van der Waals surface area contributed by atoms with Crippen molar-refractivity contribution >= 4 is 29.9 Å². The zero-order valence-electron chi connectivity index (χ0n) is 19.2. The molecule has 1 aromatic rings. The number of guanidine groups is 1. The van der Waals surface area contributed by atoms with Gasteiger partial charge in [-0.25, -0.2) is 0 Å². The number of hydrogen-bond acceptors (Lipinski definition) is 3. The number of nitrogens with one attached hydrogen (secondary N) is 1. The molecule has 1 atom stereocenters. The smallest absolute Gasteiger partial charge is 0.193 e. The van der Waals surface area contributed by atoms with E-state index in [0.29, 0.717) is 5.41 Å². The summed E-state index contributed by atoms with van der Waals surface area (Å²) in [6.45, 7) is 8.88. The van der Waals surface area contributed by atoms with Crippen molar-refractivity contribution in [2.24, 2.45) is 16.3 Å². The van der Waals surface area contributed by atoms with Gasteiger partial charge in [-0.15, -0.1) is 24.0 Å². The van der Waals surface area contributed by atoms with Gasteiger partial charge in [0.25, 0.3) is 0 Å². The Kier molecular flexibility index (Phi) is 9.91. The molecule has 3 fully saturated rings. The Morgan fingerprint density at radius 1 is 1.13 bits per heavy atom. The second-order valence-corrected chi connectivity index (χ2v) is 9.63. The van der Waals surface area contributed by atoms with Crippen molar-refractivity contribution < 1.29 is 4.74 Å². The monoisotopic (exact) mass is 540 g/mol. The van der Waals surface area contributed by atoms with Crippen molar-refractivity contribution in [2.75, 3.05) is 59.5 Å². The van der Waals surface area contributed by atoms with E-state index in [1.54, 1.807) is 0 Å². The van der Waals surface area contributed by atoms with Crippen molar-refractivity contribution in [3.8, 4) is 0 Å². The summed E-state index contributed by atoms with van der Waals surface area (Å²) in [5.41, 5.74) is 1.89. The van der Waals surface area contributed by atoms with Crippen molar-refractivity contribution in [3.05, 3.63) is 35.9 Å². The van der Waals surface area contributed by atoms with Crippen molar-refractivity contribution in [3.63, 3.8) is 0 Å². The van der Waals surface area contributed by atoms with E-state index in [1.807, 2.05) is 7.05 Å². The van der Waals surface area contributed by atoms with Crippen molar-refractivity contribution in [1.82, 2.24) is 15.1 Å². The predicted molar refractivity (Wildman–Crippen MR) is 139 cm³/mol. The Morgan fingerprint density at radius 2 is 1.94 bits per heavy atom. The van der Waals surface area contributed by atoms with Gasteiger partial charge < -0.3 is 19.9 Å². The summed E-state index contributed by atoms with van der Waals surface area (Å²) in [4.78, 5) is 9.64. The van der Waals surface area contributed by atoms with Gasteiger partial charge in [0.2, 0.25) is 0 Å². The molecule has 1 unspecified atom stereocenters. The lowest BCUT2D eigenvalue weighted by Crippen LogP contribution is -2.42. The van der Waals surface area contributed by atoms with Gasteiger partial charge in [0, 0.05) is 38.7 Å². The highest BCUT2D eigenvalue weighted by Crippen LogP contribution is 2.38. The molecule has 3 heterocycles. The summed E-state index contributed by atoms with van der Waals surface area (Å²) in [6, 6.07) is 11.0. The van der Waals surface area contributed by atoms with Crippen molar-refractivity contribution in [1.29, 1.82) is 0 Å². The third kappa shape index (κ3) is 7.06. The number of piperidine rings is 1. The summed E-state index contributed by atoms with van der Waals surface area (Å²) >= 11 is 0. The second-order valence-electron chi connectivity index (χ2n) is 9.63. The molecule has 31 heavy (non-hydrogen) atoms. The van der Waals surface area contributed by atoms with Crippen LogP contribution in [0.25, 0.3) is 0 Å². The normalized spacial score (nSPS) is 25.2. The lowest BCUT2D eigenvalue weighted by molar-refractivity contribution is 0.156. The molecule has 0 aromatic heterocycles. The summed E-state index contributed by atoms with van der Waals surface area (Å²) in [7, 11) is 1.91. The fourth-order valence-electron chi connectivity index (χ4n) is 5.44. The van der Waals surface area contributed by atoms with Crippen LogP contribution in [0.5, 0.6) is 0 Å². The zero-order valence-corrected chi connectivity index (χ0v) is 21.6. The molecular weight excluding hydrogens is 499 g/mol. The van der Waals surface area contributed by atoms with Crippen LogP contribution in [-0.4, -0.2) is 75.3 Å². The van der Waals surface area contributed by atoms with E-state index in [-0.39, 0.29) is 24.0 Å². The van der Waals surface area contributed by atoms with Gasteiger partial charge in [-0.2, -0.15) is 0 Å². The fraction of sp³-hybridized carbons (Fsp3) is 0.720. The summed E-state index contributed by atoms with van der Waals surface area (Å²) in [5.74, 6) is 1.95. The minimum Gasteiger partial charge on any atom is -0.381 e. The lowest BCUT2D eigenvalue weighted by Gasteiger charge is -2.32. The van der Waals surface area contributed by atoms with E-state index in [2.05, 4.69) is 50.4 Å². The van der Waals surface area contributed by atoms with E-state index >= 15 is 0 Å². The van der Waals surface area contributed by atoms with Crippen LogP contribution in [0.15, 0.2) is 35.3 Å². The first-order valence-electron chi connectivity index (χ1n) is 12.1. The highest BCUT2D eigenvalue weighted by atomic mass is 127. The number of ether oxygens (including phenoxy) is 1. The Labute approximate surface area is 206 Å². The molecule has 3 saturated heterocycles. The van der Waals surface area contributed by atoms with Crippen molar-refractivity contribution in [2.45, 2.75) is 44.9 Å². The molecule has 0 radical (unpaired) electrons. The molecule has 1 spiro atoms. The van der Waals surface area contributed by atoms with E-state index in [1.165, 1.54) is 70.1 Å². The number of rotatable bonds is 7. The van der Waals surface area contributed by atoms with E-state index < -0.39 is 0 Å². The number of nitrogens with zero attached hydrogens (tertiary/aromatic N) is 3. The van der Waals surface area contributed by atoms with Crippen LogP contribution in [0.4, 0.5) is 0 Å². The Hall–Kier alpha value is -0.860. The average molecular weight is 541 g/mol. The number of benzene rings is 1. The van der Waals surface area contributed by atoms with Gasteiger partial charge in [-0.3, -0.25) is 4.99 Å². The molecule has 0 amide bonds. The molecule has 3 aliphatic heterocycles. The number of aliphatic imine (C=N–C) groups is 1. The first-order valence-corrected chi connectivity index (χ1v) is 12.1. The maximum absolute atomic E-state index is 5.66. The average Bonchev–Trinajstić information content (AvgIpc) is 3.42. The Bertz CT molecular complexity index is 669. The van der Waals surface area contributed by atoms with E-state index in [9.17, 15) is 0 Å². The van der Waals surface area contributed by atoms with E-state index in [0.717, 1.165) is 44.7 Å². The molecule has 6 heteroatoms. The van der Waals surface area contributed by atoms with Crippen LogP contribution >= 0.6 is 24.0 Å². The Morgan fingerprint density at radius 3 is 2.65 bits per heavy atom. The number of halogens is 1. The highest BCUT2D eigenvalue weighted by Gasteiger charge is 2.42. The molecule has 1 N–H and O–H groups in total. The topological polar surface area (TPSA) is 40.1 Å². The van der Waals surface area contributed by atoms with Gasteiger partial charge in [0.1, 0.15) is 0 Å². The minimum atomic E-state index is 0. The van der Waals surface area contributed by atoms with Gasteiger partial charge >= 0.3 is 0 Å². The summed E-state index contributed by atoms with van der Waals surface area (Å²) in [5, 5.41) is 3.61. The quantitative estimate of drug-likeness (QED) is 0.246. The standard InChI is InChI=1S/C25H40N4O.HI/c1-26-24(29-17-11-25(20-29)12-18-30-21-25)27-13-5-6-14-28-15-9-23(10-16-28)19-22-7-3-2-4-8-22;/h2-4,7-8,23H,5-6,9-21H2,1H3,(H,26,27);1H. The van der Waals surface area contributed by atoms with Gasteiger partial charge in [0.15, 0.2) is 5.96 Å². The molecule has 0 bridgehead atoms. The van der Waals surface area contributed by atoms with Crippen LogP contribution in [0.1, 0.15) is 44.1 Å². The molecule has 174 valence electrons. The Balaban J connectivity index is 0.00000272. The molecule has 4 rings (SSSR count). The van der Waals surface area contributed by atoms with E-state index in [4.69, 9.17) is 4.74 Å². The van der Waals surface area contributed by atoms with Crippen LogP contribution in [0, 0.1) is 11.3 Å². The second kappa shape index (κ2) is 12.4. The molecule has 3 aliphatic rings. The summed E-state index contributed by atoms with van der Waals surface area (Å²) in [6.07, 6.45) is 8.88. The highest BCUT2D eigenvalue weighted by molar-refractivity contribution is 14.0. The summed E-state index contributed by atoms with van der Waals surface area (Å²) < 4.78 is 5.66.